The van der Waals surface area contributed by atoms with E-state index in [2.05, 4.69) is 31.2 Å². The van der Waals surface area contributed by atoms with Crippen LogP contribution in [0.15, 0.2) is 30.3 Å². The number of likely N-dealkylation sites (tertiary alicyclic amines) is 1. The van der Waals surface area contributed by atoms with Crippen molar-refractivity contribution in [2.45, 2.75) is 70.0 Å². The number of benzene rings is 1. The van der Waals surface area contributed by atoms with E-state index in [0.717, 1.165) is 25.7 Å². The summed E-state index contributed by atoms with van der Waals surface area (Å²) in [4.78, 5) is 0. The average Bonchev–Trinajstić information content (AvgIpc) is 2.78. The molecule has 19 heavy (non-hydrogen) atoms. The number of hydrogen-bond donors (Lipinski definition) is 0. The van der Waals surface area contributed by atoms with Crippen LogP contribution in [0.3, 0.4) is 0 Å². The third-order valence-corrected chi connectivity index (χ3v) is 5.36. The zero-order valence-electron chi connectivity index (χ0n) is 11.9. The van der Waals surface area contributed by atoms with Crippen molar-refractivity contribution in [2.75, 3.05) is 0 Å². The summed E-state index contributed by atoms with van der Waals surface area (Å²) in [6.45, 7) is 2.17. The summed E-state index contributed by atoms with van der Waals surface area (Å²) >= 11 is 0. The van der Waals surface area contributed by atoms with Gasteiger partial charge in [0, 0.05) is 18.4 Å². The van der Waals surface area contributed by atoms with Crippen molar-refractivity contribution in [3.63, 3.8) is 0 Å². The molecule has 2 heteroatoms. The number of nitrogens with zero attached hydrogens (tertiary/aromatic N) is 1. The summed E-state index contributed by atoms with van der Waals surface area (Å²) in [5, 5.41) is 13.7. The van der Waals surface area contributed by atoms with E-state index in [1.54, 1.807) is 0 Å². The van der Waals surface area contributed by atoms with Crippen molar-refractivity contribution in [2.24, 2.45) is 0 Å². The van der Waals surface area contributed by atoms with Crippen LogP contribution in [0.1, 0.15) is 63.5 Å². The second-order valence-electron chi connectivity index (χ2n) is 6.41. The molecule has 3 atom stereocenters. The molecule has 2 nitrogen and oxygen atoms in total. The number of quaternary nitrogens is 1. The van der Waals surface area contributed by atoms with Crippen LogP contribution in [0.5, 0.6) is 0 Å². The van der Waals surface area contributed by atoms with Crippen molar-refractivity contribution < 1.29 is 4.65 Å². The monoisotopic (exact) mass is 259 g/mol. The van der Waals surface area contributed by atoms with E-state index in [1.165, 1.54) is 24.8 Å². The highest BCUT2D eigenvalue weighted by Gasteiger charge is 2.46. The van der Waals surface area contributed by atoms with Crippen LogP contribution in [0.4, 0.5) is 0 Å². The minimum atomic E-state index is 0.0595. The van der Waals surface area contributed by atoms with Crippen molar-refractivity contribution in [1.82, 2.24) is 0 Å². The van der Waals surface area contributed by atoms with Crippen molar-refractivity contribution in [1.29, 1.82) is 0 Å². The summed E-state index contributed by atoms with van der Waals surface area (Å²) < 4.78 is 0.0595. The summed E-state index contributed by atoms with van der Waals surface area (Å²) in [7, 11) is 0. The largest absolute Gasteiger partial charge is 0.632 e. The van der Waals surface area contributed by atoms with E-state index in [-0.39, 0.29) is 16.7 Å². The molecule has 1 unspecified atom stereocenters. The minimum absolute atomic E-state index is 0.0595. The van der Waals surface area contributed by atoms with Crippen LogP contribution in [-0.2, 0) is 0 Å². The molecule has 1 heterocycles. The molecule has 1 saturated heterocycles. The Morgan fingerprint density at radius 1 is 0.947 bits per heavy atom. The van der Waals surface area contributed by atoms with Gasteiger partial charge in [0.15, 0.2) is 0 Å². The third-order valence-electron chi connectivity index (χ3n) is 5.36. The lowest BCUT2D eigenvalue weighted by atomic mass is 9.91. The first-order valence-electron chi connectivity index (χ1n) is 7.87. The van der Waals surface area contributed by atoms with E-state index in [1.807, 2.05) is 6.07 Å². The lowest BCUT2D eigenvalue weighted by molar-refractivity contribution is -0.944. The minimum Gasteiger partial charge on any atom is -0.632 e. The number of rotatable bonds is 2. The fourth-order valence-electron chi connectivity index (χ4n) is 4.28. The van der Waals surface area contributed by atoms with Gasteiger partial charge in [0.1, 0.15) is 6.04 Å². The molecule has 3 rings (SSSR count). The van der Waals surface area contributed by atoms with Gasteiger partial charge in [0.25, 0.3) is 0 Å². The van der Waals surface area contributed by atoms with Gasteiger partial charge in [-0.25, -0.2) is 0 Å². The topological polar surface area (TPSA) is 23.1 Å². The molecule has 1 aliphatic heterocycles. The van der Waals surface area contributed by atoms with E-state index in [9.17, 15) is 5.21 Å². The molecule has 0 N–H and O–H groups in total. The Kier molecular flexibility index (Phi) is 3.64. The van der Waals surface area contributed by atoms with E-state index < -0.39 is 0 Å². The summed E-state index contributed by atoms with van der Waals surface area (Å²) in [5.74, 6) is 0. The van der Waals surface area contributed by atoms with Crippen LogP contribution >= 0.6 is 0 Å². The smallest absolute Gasteiger partial charge is 0.115 e. The fourth-order valence-corrected chi connectivity index (χ4v) is 4.28. The molecule has 104 valence electrons. The average molecular weight is 259 g/mol. The molecule has 0 spiro atoms. The maximum Gasteiger partial charge on any atom is 0.115 e. The second-order valence-corrected chi connectivity index (χ2v) is 6.41. The van der Waals surface area contributed by atoms with Crippen LogP contribution in [0, 0.1) is 5.21 Å². The van der Waals surface area contributed by atoms with Gasteiger partial charge in [-0.1, -0.05) is 36.8 Å². The van der Waals surface area contributed by atoms with Crippen molar-refractivity contribution in [3.8, 4) is 0 Å². The van der Waals surface area contributed by atoms with E-state index in [4.69, 9.17) is 0 Å². The molecule has 1 aliphatic carbocycles. The number of hydroxylamine groups is 3. The van der Waals surface area contributed by atoms with Gasteiger partial charge >= 0.3 is 0 Å². The maximum absolute atomic E-state index is 13.7. The molecule has 0 radical (unpaired) electrons. The van der Waals surface area contributed by atoms with Crippen LogP contribution < -0.4 is 0 Å². The predicted octanol–water partition coefficient (Wildman–Crippen LogP) is 4.56. The Bertz CT molecular complexity index is 413. The number of hydrogen-bond acceptors (Lipinski definition) is 1. The lowest BCUT2D eigenvalue weighted by Gasteiger charge is -2.54. The predicted molar refractivity (Wildman–Crippen MR) is 78.4 cm³/mol. The van der Waals surface area contributed by atoms with Crippen molar-refractivity contribution >= 4 is 0 Å². The molecule has 2 aliphatic rings. The van der Waals surface area contributed by atoms with Gasteiger partial charge in [-0.15, -0.1) is 0 Å². The van der Waals surface area contributed by atoms with Crippen molar-refractivity contribution in [3.05, 3.63) is 41.1 Å². The fraction of sp³-hybridized carbons (Fsp3) is 0.647. The molecule has 1 saturated carbocycles. The first kappa shape index (κ1) is 13.1. The lowest BCUT2D eigenvalue weighted by Crippen LogP contribution is -2.54. The SMILES string of the molecule is C[C@@H]1CC[C@H](c2ccccc2)[N+]1([O-])C1CCCCC1. The zero-order chi connectivity index (χ0) is 13.3. The highest BCUT2D eigenvalue weighted by Crippen LogP contribution is 2.47. The molecular weight excluding hydrogens is 234 g/mol. The molecular formula is C17H25NO. The normalized spacial score (nSPS) is 36.5. The Labute approximate surface area is 116 Å². The first-order valence-corrected chi connectivity index (χ1v) is 7.87. The highest BCUT2D eigenvalue weighted by atomic mass is 16.6. The standard InChI is InChI=1S/C17H25NO/c1-14-12-13-17(15-8-4-2-5-9-15)18(14,19)16-10-6-3-7-11-16/h2,4-5,8-9,14,16-17H,3,6-7,10-13H2,1H3/t14-,17-,18?/m1/s1. The summed E-state index contributed by atoms with van der Waals surface area (Å²) in [6.07, 6.45) is 8.24. The van der Waals surface area contributed by atoms with Gasteiger partial charge in [0.2, 0.25) is 0 Å². The molecule has 0 aromatic heterocycles. The Morgan fingerprint density at radius 3 is 2.32 bits per heavy atom. The van der Waals surface area contributed by atoms with Gasteiger partial charge in [-0.3, -0.25) is 0 Å². The zero-order valence-corrected chi connectivity index (χ0v) is 11.9. The molecule has 0 bridgehead atoms. The van der Waals surface area contributed by atoms with Crippen LogP contribution in [-0.4, -0.2) is 16.7 Å². The second kappa shape index (κ2) is 5.26. The summed E-state index contributed by atoms with van der Waals surface area (Å²) in [6, 6.07) is 11.3. The molecule has 2 fully saturated rings. The highest BCUT2D eigenvalue weighted by molar-refractivity contribution is 5.18. The Hall–Kier alpha value is -0.860. The van der Waals surface area contributed by atoms with E-state index in [0.29, 0.717) is 6.04 Å². The van der Waals surface area contributed by atoms with Crippen LogP contribution in [0.2, 0.25) is 0 Å². The van der Waals surface area contributed by atoms with Gasteiger partial charge in [-0.2, -0.15) is 0 Å². The Balaban J connectivity index is 1.91. The van der Waals surface area contributed by atoms with Gasteiger partial charge < -0.3 is 9.85 Å². The molecule has 0 amide bonds. The van der Waals surface area contributed by atoms with E-state index >= 15 is 0 Å². The quantitative estimate of drug-likeness (QED) is 0.564. The summed E-state index contributed by atoms with van der Waals surface area (Å²) in [5.41, 5.74) is 1.26. The van der Waals surface area contributed by atoms with Gasteiger partial charge in [-0.05, 0) is 32.6 Å². The van der Waals surface area contributed by atoms with Gasteiger partial charge in [0.05, 0.1) is 12.1 Å². The molecule has 1 aromatic carbocycles. The maximum atomic E-state index is 13.7. The Morgan fingerprint density at radius 2 is 1.63 bits per heavy atom. The first-order chi connectivity index (χ1) is 9.23. The third kappa shape index (κ3) is 2.21. The molecule has 1 aromatic rings. The van der Waals surface area contributed by atoms with Crippen LogP contribution in [0.25, 0.3) is 0 Å².